The number of nitrogens with one attached hydrogen (secondary N) is 3. The van der Waals surface area contributed by atoms with Crippen molar-refractivity contribution < 1.29 is 9.47 Å². The number of aromatic nitrogens is 6. The molecule has 10 rings (SSSR count). The van der Waals surface area contributed by atoms with Crippen molar-refractivity contribution >= 4 is 43.6 Å². The van der Waals surface area contributed by atoms with Gasteiger partial charge < -0.3 is 14.5 Å². The Labute approximate surface area is 399 Å². The second kappa shape index (κ2) is 20.2. The molecule has 9 aromatic rings. The highest BCUT2D eigenvalue weighted by molar-refractivity contribution is 5.81. The lowest BCUT2D eigenvalue weighted by Crippen LogP contribution is -2.17. The molecule has 5 aromatic carbocycles. The van der Waals surface area contributed by atoms with Crippen LogP contribution in [0.1, 0.15) is 132 Å². The Bertz CT molecular complexity index is 2810. The lowest BCUT2D eigenvalue weighted by atomic mass is 9.86. The van der Waals surface area contributed by atoms with Gasteiger partial charge in [0, 0.05) is 34.1 Å². The quantitative estimate of drug-likeness (QED) is 0.141. The average molecular weight is 899 g/mol. The van der Waals surface area contributed by atoms with E-state index in [1.807, 2.05) is 36.9 Å². The van der Waals surface area contributed by atoms with E-state index in [0.29, 0.717) is 13.2 Å². The summed E-state index contributed by atoms with van der Waals surface area (Å²) in [6.45, 7) is 34.6. The van der Waals surface area contributed by atoms with Crippen molar-refractivity contribution in [3.8, 4) is 11.5 Å². The molecule has 0 saturated carbocycles. The second-order valence-electron chi connectivity index (χ2n) is 22.6. The zero-order valence-electron chi connectivity index (χ0n) is 42.8. The van der Waals surface area contributed by atoms with Crippen molar-refractivity contribution in [2.24, 2.45) is 0 Å². The third kappa shape index (κ3) is 13.6. The highest BCUT2D eigenvalue weighted by atomic mass is 16.6. The molecule has 0 aliphatic carbocycles. The van der Waals surface area contributed by atoms with Crippen LogP contribution in [0, 0.1) is 0 Å². The van der Waals surface area contributed by atoms with E-state index in [2.05, 4.69) is 231 Å². The molecular weight excluding hydrogens is 825 g/mol. The minimum absolute atomic E-state index is 0.163. The van der Waals surface area contributed by atoms with Gasteiger partial charge in [-0.2, -0.15) is 10.2 Å². The lowest BCUT2D eigenvalue weighted by Gasteiger charge is -2.23. The van der Waals surface area contributed by atoms with Gasteiger partial charge >= 0.3 is 0 Å². The number of hydrogen-bond acceptors (Lipinski definition) is 5. The van der Waals surface area contributed by atoms with Crippen molar-refractivity contribution in [2.75, 3.05) is 13.2 Å². The topological polar surface area (TPSA) is 105 Å². The van der Waals surface area contributed by atoms with E-state index in [1.54, 1.807) is 0 Å². The summed E-state index contributed by atoms with van der Waals surface area (Å²) >= 11 is 0. The van der Waals surface area contributed by atoms with Crippen molar-refractivity contribution in [2.45, 2.75) is 131 Å². The maximum atomic E-state index is 5.53. The van der Waals surface area contributed by atoms with Gasteiger partial charge in [-0.25, -0.2) is 0 Å². The Morgan fingerprint density at radius 3 is 1.51 bits per heavy atom. The Hall–Kier alpha value is -6.41. The predicted molar refractivity (Wildman–Crippen MR) is 283 cm³/mol. The maximum Gasteiger partial charge on any atom is 0.161 e. The van der Waals surface area contributed by atoms with E-state index in [0.717, 1.165) is 28.0 Å². The van der Waals surface area contributed by atoms with Crippen molar-refractivity contribution in [3.05, 3.63) is 162 Å². The third-order valence-electron chi connectivity index (χ3n) is 11.9. The molecule has 352 valence electrons. The van der Waals surface area contributed by atoms with Gasteiger partial charge in [0.1, 0.15) is 13.2 Å². The Morgan fingerprint density at radius 1 is 0.403 bits per heavy atom. The van der Waals surface area contributed by atoms with Crippen LogP contribution in [0.4, 0.5) is 0 Å². The Balaban J connectivity index is 0.000000138. The molecule has 0 amide bonds. The van der Waals surface area contributed by atoms with E-state index < -0.39 is 0 Å². The van der Waals surface area contributed by atoms with Gasteiger partial charge in [0.2, 0.25) is 0 Å². The normalized spacial score (nSPS) is 12.8. The molecule has 8 nitrogen and oxygen atoms in total. The van der Waals surface area contributed by atoms with Crippen molar-refractivity contribution in [3.63, 3.8) is 0 Å². The van der Waals surface area contributed by atoms with Gasteiger partial charge in [-0.3, -0.25) is 15.2 Å². The summed E-state index contributed by atoms with van der Waals surface area (Å²) in [5.41, 5.74) is 12.3. The molecule has 3 N–H and O–H groups in total. The van der Waals surface area contributed by atoms with Crippen LogP contribution in [0.3, 0.4) is 0 Å². The number of rotatable bonds is 0. The lowest BCUT2D eigenvalue weighted by molar-refractivity contribution is 0.171. The number of H-pyrrole nitrogens is 3. The first-order chi connectivity index (χ1) is 31.4. The number of nitrogens with zero attached hydrogens (tertiary/aromatic N) is 3. The smallest absolute Gasteiger partial charge is 0.161 e. The van der Waals surface area contributed by atoms with Gasteiger partial charge in [0.05, 0.1) is 28.9 Å². The van der Waals surface area contributed by atoms with Gasteiger partial charge in [-0.1, -0.05) is 146 Å². The molecule has 0 fully saturated rings. The standard InChI is InChI=1S/C13H15N.C12H15N.C12H16O2.2C11H14N2/c1-13(2,3)11-6-7-12-10(9-11)5-4-8-14-12;1-12(2,3)10-4-5-11-9(8-10)6-7-13-11;1-12(2,3)9-4-5-10-11(8-9)14-7-6-13-10;1-11(2,3)9-4-5-10-8(6-9)7-12-13-10;1-11(2,3)9-5-4-8-7-12-13-10(8)6-9/h4-9H,1-3H3;4-8,13H,1-3H3;4-5,8H,6-7H2,1-3H3;2*4-7H,1-3H3,(H,12,13). The average Bonchev–Trinajstić information content (AvgIpc) is 4.06. The third-order valence-corrected chi connectivity index (χ3v) is 11.9. The van der Waals surface area contributed by atoms with Crippen LogP contribution < -0.4 is 9.47 Å². The Kier molecular flexibility index (Phi) is 15.1. The fraction of sp³-hybridized carbons (Fsp3) is 0.373. The van der Waals surface area contributed by atoms with Crippen LogP contribution in [0.2, 0.25) is 0 Å². The molecule has 0 radical (unpaired) electrons. The van der Waals surface area contributed by atoms with Crippen LogP contribution >= 0.6 is 0 Å². The van der Waals surface area contributed by atoms with E-state index in [4.69, 9.17) is 9.47 Å². The molecule has 0 unspecified atom stereocenters. The highest BCUT2D eigenvalue weighted by Gasteiger charge is 2.19. The SMILES string of the molecule is CC(C)(C)c1ccc2[nH]ccc2c1.CC(C)(C)c1ccc2[nH]ncc2c1.CC(C)(C)c1ccc2c(c1)OCCO2.CC(C)(C)c1ccc2cn[nH]c2c1.CC(C)(C)c1ccc2ncccc2c1. The fourth-order valence-corrected chi connectivity index (χ4v) is 7.38. The zero-order valence-corrected chi connectivity index (χ0v) is 42.8. The minimum Gasteiger partial charge on any atom is -0.486 e. The van der Waals surface area contributed by atoms with E-state index in [9.17, 15) is 0 Å². The minimum atomic E-state index is 0.163. The molecule has 0 atom stereocenters. The maximum absolute atomic E-state index is 5.53. The first kappa shape index (κ1) is 50.0. The molecule has 1 aliphatic heterocycles. The predicted octanol–water partition coefficient (Wildman–Crippen LogP) is 15.5. The monoisotopic (exact) mass is 899 g/mol. The Morgan fingerprint density at radius 2 is 0.881 bits per heavy atom. The number of ether oxygens (including phenoxy) is 2. The zero-order chi connectivity index (χ0) is 48.8. The van der Waals surface area contributed by atoms with Crippen LogP contribution in [0.25, 0.3) is 43.6 Å². The van der Waals surface area contributed by atoms with E-state index in [-0.39, 0.29) is 27.1 Å². The molecule has 0 bridgehead atoms. The van der Waals surface area contributed by atoms with Crippen molar-refractivity contribution in [1.29, 1.82) is 0 Å². The summed E-state index contributed by atoms with van der Waals surface area (Å²) in [5, 5.41) is 18.8. The number of pyridine rings is 1. The van der Waals surface area contributed by atoms with Gasteiger partial charge in [-0.15, -0.1) is 0 Å². The van der Waals surface area contributed by atoms with Gasteiger partial charge in [-0.05, 0) is 127 Å². The molecule has 67 heavy (non-hydrogen) atoms. The number of hydrogen-bond donors (Lipinski definition) is 3. The summed E-state index contributed by atoms with van der Waals surface area (Å²) in [7, 11) is 0. The molecular formula is C59H74N6O2. The van der Waals surface area contributed by atoms with Crippen LogP contribution in [0.5, 0.6) is 11.5 Å². The number of fused-ring (bicyclic) bond motifs is 5. The van der Waals surface area contributed by atoms with E-state index in [1.165, 1.54) is 54.9 Å². The highest BCUT2D eigenvalue weighted by Crippen LogP contribution is 2.35. The summed E-state index contributed by atoms with van der Waals surface area (Å²) in [4.78, 5) is 7.50. The molecule has 8 heteroatoms. The van der Waals surface area contributed by atoms with Crippen LogP contribution in [-0.2, 0) is 27.1 Å². The van der Waals surface area contributed by atoms with Crippen LogP contribution in [0.15, 0.2) is 134 Å². The molecule has 0 saturated heterocycles. The number of benzene rings is 5. The summed E-state index contributed by atoms with van der Waals surface area (Å²) in [6.07, 6.45) is 7.53. The van der Waals surface area contributed by atoms with Crippen molar-refractivity contribution in [1.82, 2.24) is 30.4 Å². The molecule has 4 aromatic heterocycles. The summed E-state index contributed by atoms with van der Waals surface area (Å²) in [6, 6.07) is 38.3. The van der Waals surface area contributed by atoms with Crippen LogP contribution in [-0.4, -0.2) is 43.6 Å². The molecule has 5 heterocycles. The first-order valence-electron chi connectivity index (χ1n) is 23.6. The second-order valence-corrected chi connectivity index (χ2v) is 22.6. The van der Waals surface area contributed by atoms with Gasteiger partial charge in [0.15, 0.2) is 11.5 Å². The largest absolute Gasteiger partial charge is 0.486 e. The first-order valence-corrected chi connectivity index (χ1v) is 23.6. The number of aromatic amines is 3. The van der Waals surface area contributed by atoms with E-state index >= 15 is 0 Å². The summed E-state index contributed by atoms with van der Waals surface area (Å²) < 4.78 is 11.0. The summed E-state index contributed by atoms with van der Waals surface area (Å²) in [5.74, 6) is 1.74. The molecule has 0 spiro atoms. The fourth-order valence-electron chi connectivity index (χ4n) is 7.38. The van der Waals surface area contributed by atoms with Gasteiger partial charge in [0.25, 0.3) is 0 Å². The molecule has 1 aliphatic rings.